The zero-order valence-corrected chi connectivity index (χ0v) is 23.5. The van der Waals surface area contributed by atoms with E-state index in [9.17, 15) is 4.79 Å². The van der Waals surface area contributed by atoms with Crippen LogP contribution in [0, 0.1) is 0 Å². The summed E-state index contributed by atoms with van der Waals surface area (Å²) in [6, 6.07) is 35.3. The van der Waals surface area contributed by atoms with E-state index in [1.807, 2.05) is 97.1 Å². The molecule has 4 aromatic carbocycles. The molecular weight excluding hydrogens is 526 g/mol. The van der Waals surface area contributed by atoms with Crippen LogP contribution in [0.4, 0.5) is 0 Å². The summed E-state index contributed by atoms with van der Waals surface area (Å²) in [5, 5.41) is 3.61. The molecule has 1 heterocycles. The molecule has 5 aromatic rings. The number of hydrogen-bond acceptors (Lipinski definition) is 5. The number of nitrogens with zero attached hydrogens (tertiary/aromatic N) is 2. The Hall–Kier alpha value is -4.59. The molecule has 1 aromatic heterocycles. The molecule has 0 spiro atoms. The van der Waals surface area contributed by atoms with Crippen LogP contribution in [-0.2, 0) is 11.3 Å². The van der Waals surface area contributed by atoms with Crippen molar-refractivity contribution in [2.24, 2.45) is 0 Å². The van der Waals surface area contributed by atoms with Crippen LogP contribution in [0.2, 0.25) is 0 Å². The Morgan fingerprint density at radius 3 is 1.95 bits per heavy atom. The molecule has 1 aliphatic carbocycles. The molecule has 0 saturated heterocycles. The summed E-state index contributed by atoms with van der Waals surface area (Å²) >= 11 is 0. The van der Waals surface area contributed by atoms with Gasteiger partial charge in [0.1, 0.15) is 23.9 Å². The van der Waals surface area contributed by atoms with Crippen molar-refractivity contribution in [2.45, 2.75) is 38.0 Å². The highest BCUT2D eigenvalue weighted by atomic mass is 16.5. The number of aromatic nitrogens is 2. The molecule has 42 heavy (non-hydrogen) atoms. The predicted octanol–water partition coefficient (Wildman–Crippen LogP) is 6.53. The molecule has 7 nitrogen and oxygen atoms in total. The highest BCUT2D eigenvalue weighted by Gasteiger charge is 2.27. The minimum absolute atomic E-state index is 0.148. The molecule has 0 radical (unpaired) electrons. The maximum Gasteiger partial charge on any atom is 0.337 e. The lowest BCUT2D eigenvalue weighted by Gasteiger charge is -2.21. The second-order valence-electron chi connectivity index (χ2n) is 10.4. The highest BCUT2D eigenvalue weighted by molar-refractivity contribution is 5.41. The van der Waals surface area contributed by atoms with Gasteiger partial charge in [0.05, 0.1) is 24.1 Å². The molecule has 0 bridgehead atoms. The van der Waals surface area contributed by atoms with Gasteiger partial charge in [-0.1, -0.05) is 48.5 Å². The number of ether oxygens (including phenoxy) is 3. The Labute approximate surface area is 245 Å². The van der Waals surface area contributed by atoms with E-state index in [-0.39, 0.29) is 11.8 Å². The first-order chi connectivity index (χ1) is 20.7. The van der Waals surface area contributed by atoms with Gasteiger partial charge in [-0.3, -0.25) is 9.13 Å². The van der Waals surface area contributed by atoms with Gasteiger partial charge in [0.2, 0.25) is 0 Å². The van der Waals surface area contributed by atoms with Gasteiger partial charge in [-0.25, -0.2) is 4.79 Å². The summed E-state index contributed by atoms with van der Waals surface area (Å²) in [5.74, 6) is 2.25. The van der Waals surface area contributed by atoms with Crippen LogP contribution in [0.3, 0.4) is 0 Å². The van der Waals surface area contributed by atoms with Crippen LogP contribution < -0.4 is 20.5 Å². The minimum Gasteiger partial charge on any atom is -0.492 e. The van der Waals surface area contributed by atoms with Gasteiger partial charge < -0.3 is 19.5 Å². The summed E-state index contributed by atoms with van der Waals surface area (Å²) in [7, 11) is 0. The average Bonchev–Trinajstić information content (AvgIpc) is 3.66. The van der Waals surface area contributed by atoms with Crippen molar-refractivity contribution in [2.75, 3.05) is 13.2 Å². The van der Waals surface area contributed by atoms with Gasteiger partial charge in [0.15, 0.2) is 0 Å². The predicted molar refractivity (Wildman–Crippen MR) is 164 cm³/mol. The van der Waals surface area contributed by atoms with E-state index in [1.165, 1.54) is 12.0 Å². The first-order valence-electron chi connectivity index (χ1n) is 14.5. The van der Waals surface area contributed by atoms with Crippen molar-refractivity contribution in [1.82, 2.24) is 14.5 Å². The minimum atomic E-state index is -0.148. The topological polar surface area (TPSA) is 66.6 Å². The molecule has 7 heteroatoms. The average molecular weight is 562 g/mol. The maximum atomic E-state index is 13.2. The van der Waals surface area contributed by atoms with Gasteiger partial charge in [0.25, 0.3) is 0 Å². The number of nitrogens with one attached hydrogen (secondary N) is 1. The Bertz CT molecular complexity index is 1600. The molecule has 1 fully saturated rings. The van der Waals surface area contributed by atoms with Crippen molar-refractivity contribution < 1.29 is 14.2 Å². The summed E-state index contributed by atoms with van der Waals surface area (Å²) in [6.07, 6.45) is 7.15. The quantitative estimate of drug-likeness (QED) is 0.176. The van der Waals surface area contributed by atoms with E-state index in [1.54, 1.807) is 21.5 Å². The molecule has 1 aliphatic rings. The first-order valence-corrected chi connectivity index (χ1v) is 14.5. The van der Waals surface area contributed by atoms with Crippen LogP contribution in [-0.4, -0.2) is 34.4 Å². The van der Waals surface area contributed by atoms with Gasteiger partial charge >= 0.3 is 5.69 Å². The summed E-state index contributed by atoms with van der Waals surface area (Å²) in [6.45, 7) is 1.95. The van der Waals surface area contributed by atoms with E-state index in [0.29, 0.717) is 25.0 Å². The van der Waals surface area contributed by atoms with Crippen molar-refractivity contribution in [1.29, 1.82) is 0 Å². The van der Waals surface area contributed by atoms with Crippen LogP contribution >= 0.6 is 0 Å². The fourth-order valence-corrected chi connectivity index (χ4v) is 5.32. The summed E-state index contributed by atoms with van der Waals surface area (Å²) < 4.78 is 21.3. The molecule has 0 unspecified atom stereocenters. The third-order valence-corrected chi connectivity index (χ3v) is 7.52. The number of benzene rings is 4. The fraction of sp³-hybridized carbons (Fsp3) is 0.229. The zero-order chi connectivity index (χ0) is 28.6. The third-order valence-electron chi connectivity index (χ3n) is 7.52. The Morgan fingerprint density at radius 1 is 0.690 bits per heavy atom. The molecule has 214 valence electrons. The lowest BCUT2D eigenvalue weighted by atomic mass is 10.2. The highest BCUT2D eigenvalue weighted by Crippen LogP contribution is 2.24. The largest absolute Gasteiger partial charge is 0.492 e. The number of hydrogen-bond donors (Lipinski definition) is 1. The molecule has 0 aliphatic heterocycles. The number of rotatable bonds is 12. The van der Waals surface area contributed by atoms with E-state index >= 15 is 0 Å². The smallest absolute Gasteiger partial charge is 0.337 e. The van der Waals surface area contributed by atoms with E-state index < -0.39 is 0 Å². The second-order valence-corrected chi connectivity index (χ2v) is 10.4. The van der Waals surface area contributed by atoms with Crippen LogP contribution in [0.5, 0.6) is 17.2 Å². The van der Waals surface area contributed by atoms with E-state index in [0.717, 1.165) is 42.3 Å². The SMILES string of the molecule is O=c1n(-c2ccc(OCCN[C@@H]3CCC[C@H]3OCc3ccccc3)cc2)ccn1-c1ccc(Oc2ccccc2)cc1. The lowest BCUT2D eigenvalue weighted by molar-refractivity contribution is 0.0273. The Kier molecular flexibility index (Phi) is 8.78. The van der Waals surface area contributed by atoms with Gasteiger partial charge in [-0.2, -0.15) is 0 Å². The zero-order valence-electron chi connectivity index (χ0n) is 23.5. The molecule has 6 rings (SSSR count). The van der Waals surface area contributed by atoms with Crippen LogP contribution in [0.15, 0.2) is 126 Å². The second kappa shape index (κ2) is 13.4. The van der Waals surface area contributed by atoms with Crippen molar-refractivity contribution in [3.63, 3.8) is 0 Å². The van der Waals surface area contributed by atoms with Crippen LogP contribution in [0.25, 0.3) is 11.4 Å². The standard InChI is InChI=1S/C35H35N3O4/c39-35-37(23-24-38(35)29-16-20-32(21-17-29)42-31-10-5-2-6-11-31)28-14-18-30(19-15-28)40-25-22-36-33-12-7-13-34(33)41-26-27-8-3-1-4-9-27/h1-6,8-11,14-21,23-24,33-34,36H,7,12-13,22,25-26H2/t33-,34-/m1/s1. The summed E-state index contributed by atoms with van der Waals surface area (Å²) in [4.78, 5) is 13.2. The van der Waals surface area contributed by atoms with E-state index in [4.69, 9.17) is 14.2 Å². The van der Waals surface area contributed by atoms with Gasteiger partial charge in [-0.05, 0) is 85.5 Å². The number of imidazole rings is 1. The Morgan fingerprint density at radius 2 is 1.29 bits per heavy atom. The normalized spacial score (nSPS) is 16.4. The third kappa shape index (κ3) is 6.82. The molecule has 1 N–H and O–H groups in total. The monoisotopic (exact) mass is 561 g/mol. The summed E-state index contributed by atoms with van der Waals surface area (Å²) in [5.41, 5.74) is 2.60. The molecule has 1 saturated carbocycles. The molecule has 2 atom stereocenters. The first kappa shape index (κ1) is 27.6. The van der Waals surface area contributed by atoms with Gasteiger partial charge in [-0.15, -0.1) is 0 Å². The van der Waals surface area contributed by atoms with Crippen LogP contribution in [0.1, 0.15) is 24.8 Å². The lowest BCUT2D eigenvalue weighted by Crippen LogP contribution is -2.39. The van der Waals surface area contributed by atoms with Crippen molar-refractivity contribution >= 4 is 0 Å². The van der Waals surface area contributed by atoms with Crippen molar-refractivity contribution in [3.05, 3.63) is 138 Å². The van der Waals surface area contributed by atoms with Gasteiger partial charge in [0, 0.05) is 25.0 Å². The molecular formula is C35H35N3O4. The van der Waals surface area contributed by atoms with Crippen molar-refractivity contribution in [3.8, 4) is 28.6 Å². The molecule has 0 amide bonds. The van der Waals surface area contributed by atoms with E-state index in [2.05, 4.69) is 17.4 Å². The fourth-order valence-electron chi connectivity index (χ4n) is 5.32. The Balaban J connectivity index is 0.989. The number of para-hydroxylation sites is 1. The maximum absolute atomic E-state index is 13.2.